The maximum Gasteiger partial charge on any atom is 0.0449 e. The second-order valence-electron chi connectivity index (χ2n) is 5.93. The zero-order valence-electron chi connectivity index (χ0n) is 11.2. The van der Waals surface area contributed by atoms with Crippen LogP contribution >= 0.6 is 0 Å². The van der Waals surface area contributed by atoms with E-state index in [0.717, 1.165) is 12.0 Å². The van der Waals surface area contributed by atoms with Gasteiger partial charge >= 0.3 is 0 Å². The molecule has 0 aliphatic carbocycles. The van der Waals surface area contributed by atoms with E-state index in [2.05, 4.69) is 44.1 Å². The molecule has 0 bridgehead atoms. The molecule has 92 valence electrons. The topological polar surface area (TPSA) is 6.48 Å². The first-order valence-electron chi connectivity index (χ1n) is 6.72. The Hall–Kier alpha value is -0.500. The Balaban J connectivity index is 2.20. The molecule has 16 heavy (non-hydrogen) atoms. The molecule has 2 saturated heterocycles. The summed E-state index contributed by atoms with van der Waals surface area (Å²) >= 11 is 0. The van der Waals surface area contributed by atoms with Crippen LogP contribution in [0.25, 0.3) is 0 Å². The van der Waals surface area contributed by atoms with Crippen molar-refractivity contribution in [2.24, 2.45) is 5.92 Å². The second-order valence-corrected chi connectivity index (χ2v) is 5.93. The number of nitrogens with zero attached hydrogens (tertiary/aromatic N) is 2. The summed E-state index contributed by atoms with van der Waals surface area (Å²) < 4.78 is 0. The Bertz CT molecular complexity index is 270. The van der Waals surface area contributed by atoms with Crippen LogP contribution in [0.5, 0.6) is 0 Å². The minimum Gasteiger partial charge on any atom is -0.369 e. The predicted octanol–water partition coefficient (Wildman–Crippen LogP) is 2.71. The first kappa shape index (κ1) is 12.0. The molecule has 2 nitrogen and oxygen atoms in total. The molecule has 0 aromatic heterocycles. The summed E-state index contributed by atoms with van der Waals surface area (Å²) in [4.78, 5) is 5.27. The van der Waals surface area contributed by atoms with E-state index in [-0.39, 0.29) is 0 Å². The van der Waals surface area contributed by atoms with Crippen molar-refractivity contribution in [2.45, 2.75) is 58.7 Å². The summed E-state index contributed by atoms with van der Waals surface area (Å²) in [6, 6.07) is 2.11. The summed E-state index contributed by atoms with van der Waals surface area (Å²) in [7, 11) is 0. The molecule has 2 rings (SSSR count). The van der Waals surface area contributed by atoms with Gasteiger partial charge in [0.25, 0.3) is 0 Å². The molecular weight excluding hydrogens is 196 g/mol. The Morgan fingerprint density at radius 1 is 1.19 bits per heavy atom. The Labute approximate surface area is 100 Å². The van der Waals surface area contributed by atoms with Crippen molar-refractivity contribution >= 4 is 0 Å². The maximum atomic E-state index is 4.21. The highest BCUT2D eigenvalue weighted by atomic mass is 15.3. The van der Waals surface area contributed by atoms with Gasteiger partial charge in [0.2, 0.25) is 0 Å². The van der Waals surface area contributed by atoms with Gasteiger partial charge in [-0.05, 0) is 32.6 Å². The van der Waals surface area contributed by atoms with Crippen LogP contribution in [-0.4, -0.2) is 41.0 Å². The molecule has 2 aliphatic heterocycles. The highest BCUT2D eigenvalue weighted by Gasteiger charge is 2.42. The molecule has 2 atom stereocenters. The van der Waals surface area contributed by atoms with E-state index >= 15 is 0 Å². The third kappa shape index (κ3) is 1.88. The zero-order valence-corrected chi connectivity index (χ0v) is 11.2. The van der Waals surface area contributed by atoms with Gasteiger partial charge in [0.05, 0.1) is 0 Å². The van der Waals surface area contributed by atoms with Crippen molar-refractivity contribution in [1.29, 1.82) is 0 Å². The Morgan fingerprint density at radius 2 is 1.88 bits per heavy atom. The Kier molecular flexibility index (Phi) is 3.29. The molecule has 2 heterocycles. The zero-order chi connectivity index (χ0) is 11.9. The van der Waals surface area contributed by atoms with Crippen LogP contribution in [0.2, 0.25) is 0 Å². The smallest absolute Gasteiger partial charge is 0.0449 e. The monoisotopic (exact) mass is 222 g/mol. The molecule has 0 radical (unpaired) electrons. The van der Waals surface area contributed by atoms with Crippen LogP contribution in [0.15, 0.2) is 12.3 Å². The van der Waals surface area contributed by atoms with Crippen LogP contribution in [0.3, 0.4) is 0 Å². The van der Waals surface area contributed by atoms with E-state index in [9.17, 15) is 0 Å². The normalized spacial score (nSPS) is 31.6. The largest absolute Gasteiger partial charge is 0.369 e. The quantitative estimate of drug-likeness (QED) is 0.709. The molecule has 2 unspecified atom stereocenters. The fourth-order valence-corrected chi connectivity index (χ4v) is 3.55. The fourth-order valence-electron chi connectivity index (χ4n) is 3.55. The summed E-state index contributed by atoms with van der Waals surface area (Å²) in [6.45, 7) is 16.0. The predicted molar refractivity (Wildman–Crippen MR) is 69.3 cm³/mol. The van der Waals surface area contributed by atoms with E-state index in [4.69, 9.17) is 0 Å². The van der Waals surface area contributed by atoms with Crippen molar-refractivity contribution in [3.8, 4) is 0 Å². The number of fused-ring (bicyclic) bond motifs is 1. The molecule has 0 N–H and O–H groups in total. The van der Waals surface area contributed by atoms with Crippen LogP contribution < -0.4 is 0 Å². The molecule has 0 amide bonds. The lowest BCUT2D eigenvalue weighted by Gasteiger charge is -2.49. The van der Waals surface area contributed by atoms with E-state index < -0.39 is 0 Å². The lowest BCUT2D eigenvalue weighted by Crippen LogP contribution is -2.60. The van der Waals surface area contributed by atoms with Gasteiger partial charge in [-0.3, -0.25) is 4.90 Å². The van der Waals surface area contributed by atoms with Crippen molar-refractivity contribution in [1.82, 2.24) is 9.80 Å². The van der Waals surface area contributed by atoms with Gasteiger partial charge in [0.1, 0.15) is 0 Å². The molecule has 2 heteroatoms. The minimum atomic E-state index is 0.670. The van der Waals surface area contributed by atoms with Gasteiger partial charge < -0.3 is 4.90 Å². The molecule has 0 spiro atoms. The van der Waals surface area contributed by atoms with E-state index in [1.807, 2.05) is 0 Å². The van der Waals surface area contributed by atoms with Crippen LogP contribution in [0.1, 0.15) is 40.5 Å². The van der Waals surface area contributed by atoms with Gasteiger partial charge in [-0.1, -0.05) is 20.4 Å². The van der Waals surface area contributed by atoms with Gasteiger partial charge in [-0.25, -0.2) is 0 Å². The number of rotatable bonds is 2. The second kappa shape index (κ2) is 4.40. The van der Waals surface area contributed by atoms with E-state index in [1.165, 1.54) is 31.6 Å². The van der Waals surface area contributed by atoms with Crippen molar-refractivity contribution in [3.05, 3.63) is 12.3 Å². The van der Waals surface area contributed by atoms with Crippen LogP contribution in [0, 0.1) is 5.92 Å². The first-order chi connectivity index (χ1) is 7.52. The van der Waals surface area contributed by atoms with Crippen LogP contribution in [-0.2, 0) is 0 Å². The average molecular weight is 222 g/mol. The van der Waals surface area contributed by atoms with Crippen LogP contribution in [0.4, 0.5) is 0 Å². The maximum absolute atomic E-state index is 4.21. The number of hydrogen-bond acceptors (Lipinski definition) is 2. The number of hydrogen-bond donors (Lipinski definition) is 0. The SMILES string of the molecule is C=C1CCC2C(C(C)C)N(C(C)C)CCN12. The summed E-state index contributed by atoms with van der Waals surface area (Å²) in [5, 5.41) is 0. The lowest BCUT2D eigenvalue weighted by atomic mass is 9.90. The summed E-state index contributed by atoms with van der Waals surface area (Å²) in [5.74, 6) is 0.737. The molecule has 2 fully saturated rings. The number of allylic oxidation sites excluding steroid dienone is 1. The van der Waals surface area contributed by atoms with Gasteiger partial charge in [0.15, 0.2) is 0 Å². The van der Waals surface area contributed by atoms with Crippen molar-refractivity contribution < 1.29 is 0 Å². The molecule has 0 aromatic carbocycles. The standard InChI is InChI=1S/C14H26N2/c1-10(2)14-13-7-6-12(5)16(13)9-8-15(14)11(3)4/h10-11,13-14H,5-9H2,1-4H3. The van der Waals surface area contributed by atoms with Crippen molar-refractivity contribution in [2.75, 3.05) is 13.1 Å². The molecular formula is C14H26N2. The van der Waals surface area contributed by atoms with E-state index in [0.29, 0.717) is 12.1 Å². The highest BCUT2D eigenvalue weighted by molar-refractivity contribution is 5.10. The van der Waals surface area contributed by atoms with E-state index in [1.54, 1.807) is 0 Å². The third-order valence-electron chi connectivity index (χ3n) is 4.26. The average Bonchev–Trinajstić information content (AvgIpc) is 2.58. The molecule has 0 saturated carbocycles. The minimum absolute atomic E-state index is 0.670. The van der Waals surface area contributed by atoms with Gasteiger partial charge in [-0.2, -0.15) is 0 Å². The summed E-state index contributed by atoms with van der Waals surface area (Å²) in [5.41, 5.74) is 1.37. The summed E-state index contributed by atoms with van der Waals surface area (Å²) in [6.07, 6.45) is 2.52. The fraction of sp³-hybridized carbons (Fsp3) is 0.857. The Morgan fingerprint density at radius 3 is 2.44 bits per heavy atom. The number of piperazine rings is 1. The third-order valence-corrected chi connectivity index (χ3v) is 4.26. The van der Waals surface area contributed by atoms with Gasteiger partial charge in [0, 0.05) is 36.9 Å². The van der Waals surface area contributed by atoms with Gasteiger partial charge in [-0.15, -0.1) is 0 Å². The first-order valence-corrected chi connectivity index (χ1v) is 6.72. The highest BCUT2D eigenvalue weighted by Crippen LogP contribution is 2.36. The lowest BCUT2D eigenvalue weighted by molar-refractivity contribution is 0.00914. The molecule has 2 aliphatic rings. The molecule has 0 aromatic rings. The van der Waals surface area contributed by atoms with Crippen molar-refractivity contribution in [3.63, 3.8) is 0 Å².